The molecule has 0 spiro atoms. The van der Waals surface area contributed by atoms with Crippen LogP contribution in [-0.2, 0) is 4.79 Å². The molecule has 0 unspecified atom stereocenters. The van der Waals surface area contributed by atoms with E-state index in [-0.39, 0.29) is 5.91 Å². The van der Waals surface area contributed by atoms with Gasteiger partial charge in [0, 0.05) is 11.6 Å². The molecule has 2 rings (SSSR count). The van der Waals surface area contributed by atoms with Gasteiger partial charge in [0.05, 0.1) is 19.4 Å². The SMILES string of the molecule is CCOc1ccc(C=O)cc1NC(=O)/C=C/c1cccc(OC)c1. The van der Waals surface area contributed by atoms with E-state index in [0.717, 1.165) is 17.6 Å². The molecule has 0 saturated heterocycles. The molecule has 0 aliphatic heterocycles. The summed E-state index contributed by atoms with van der Waals surface area (Å²) in [4.78, 5) is 23.0. The number of amides is 1. The van der Waals surface area contributed by atoms with Crippen molar-refractivity contribution in [3.8, 4) is 11.5 Å². The van der Waals surface area contributed by atoms with Crippen molar-refractivity contribution in [1.29, 1.82) is 0 Å². The molecule has 5 nitrogen and oxygen atoms in total. The summed E-state index contributed by atoms with van der Waals surface area (Å²) in [6.45, 7) is 2.31. The van der Waals surface area contributed by atoms with Gasteiger partial charge in [0.25, 0.3) is 0 Å². The van der Waals surface area contributed by atoms with Gasteiger partial charge in [0.1, 0.15) is 17.8 Å². The highest BCUT2D eigenvalue weighted by Crippen LogP contribution is 2.25. The Hall–Kier alpha value is -3.08. The Bertz CT molecular complexity index is 753. The minimum Gasteiger partial charge on any atom is -0.497 e. The fourth-order valence-corrected chi connectivity index (χ4v) is 2.09. The van der Waals surface area contributed by atoms with Crippen molar-refractivity contribution in [2.75, 3.05) is 19.0 Å². The Kier molecular flexibility index (Phi) is 6.14. The number of nitrogens with one attached hydrogen (secondary N) is 1. The number of hydrogen-bond donors (Lipinski definition) is 1. The van der Waals surface area contributed by atoms with Crippen LogP contribution in [0, 0.1) is 0 Å². The van der Waals surface area contributed by atoms with Gasteiger partial charge in [-0.2, -0.15) is 0 Å². The number of anilines is 1. The summed E-state index contributed by atoms with van der Waals surface area (Å²) < 4.78 is 10.6. The summed E-state index contributed by atoms with van der Waals surface area (Å²) in [5.41, 5.74) is 1.77. The standard InChI is InChI=1S/C19H19NO4/c1-3-24-18-9-7-15(13-21)12-17(18)20-19(22)10-8-14-5-4-6-16(11-14)23-2/h4-13H,3H2,1-2H3,(H,20,22)/b10-8+. The number of methoxy groups -OCH3 is 1. The van der Waals surface area contributed by atoms with E-state index in [1.165, 1.54) is 6.08 Å². The molecule has 0 saturated carbocycles. The minimum absolute atomic E-state index is 0.318. The van der Waals surface area contributed by atoms with E-state index in [4.69, 9.17) is 9.47 Å². The van der Waals surface area contributed by atoms with Crippen molar-refractivity contribution in [3.63, 3.8) is 0 Å². The zero-order valence-electron chi connectivity index (χ0n) is 13.6. The van der Waals surface area contributed by atoms with Crippen LogP contribution in [0.15, 0.2) is 48.5 Å². The number of carbonyl (C=O) groups is 2. The first-order valence-corrected chi connectivity index (χ1v) is 7.51. The molecule has 5 heteroatoms. The minimum atomic E-state index is -0.318. The lowest BCUT2D eigenvalue weighted by molar-refractivity contribution is -0.111. The molecule has 1 amide bonds. The van der Waals surface area contributed by atoms with Crippen molar-refractivity contribution in [2.45, 2.75) is 6.92 Å². The molecule has 0 aliphatic carbocycles. The number of carbonyl (C=O) groups excluding carboxylic acids is 2. The quantitative estimate of drug-likeness (QED) is 0.624. The summed E-state index contributed by atoms with van der Waals surface area (Å²) in [5, 5.41) is 2.73. The second-order valence-corrected chi connectivity index (χ2v) is 4.91. The van der Waals surface area contributed by atoms with Gasteiger partial charge in [0.2, 0.25) is 5.91 Å². The highest BCUT2D eigenvalue weighted by atomic mass is 16.5. The van der Waals surface area contributed by atoms with Crippen molar-refractivity contribution in [1.82, 2.24) is 0 Å². The zero-order chi connectivity index (χ0) is 17.4. The molecule has 1 N–H and O–H groups in total. The van der Waals surface area contributed by atoms with Crippen LogP contribution < -0.4 is 14.8 Å². The van der Waals surface area contributed by atoms with Crippen LogP contribution in [-0.4, -0.2) is 25.9 Å². The molecule has 2 aromatic carbocycles. The summed E-state index contributed by atoms with van der Waals surface area (Å²) in [6.07, 6.45) is 3.82. The highest BCUT2D eigenvalue weighted by molar-refractivity contribution is 6.03. The van der Waals surface area contributed by atoms with Gasteiger partial charge in [0.15, 0.2) is 0 Å². The van der Waals surface area contributed by atoms with Gasteiger partial charge in [-0.25, -0.2) is 0 Å². The fraction of sp³-hybridized carbons (Fsp3) is 0.158. The van der Waals surface area contributed by atoms with Crippen LogP contribution in [0.2, 0.25) is 0 Å². The van der Waals surface area contributed by atoms with Gasteiger partial charge in [-0.15, -0.1) is 0 Å². The van der Waals surface area contributed by atoms with Crippen molar-refractivity contribution < 1.29 is 19.1 Å². The molecule has 2 aromatic rings. The Labute approximate surface area is 140 Å². The average Bonchev–Trinajstić information content (AvgIpc) is 2.61. The van der Waals surface area contributed by atoms with E-state index in [2.05, 4.69) is 5.32 Å². The lowest BCUT2D eigenvalue weighted by Crippen LogP contribution is -2.10. The van der Waals surface area contributed by atoms with E-state index < -0.39 is 0 Å². The van der Waals surface area contributed by atoms with Crippen LogP contribution in [0.25, 0.3) is 6.08 Å². The van der Waals surface area contributed by atoms with Gasteiger partial charge >= 0.3 is 0 Å². The molecule has 24 heavy (non-hydrogen) atoms. The number of ether oxygens (including phenoxy) is 2. The average molecular weight is 325 g/mol. The van der Waals surface area contributed by atoms with Crippen molar-refractivity contribution in [3.05, 3.63) is 59.7 Å². The first kappa shape index (κ1) is 17.3. The van der Waals surface area contributed by atoms with Crippen LogP contribution in [0.4, 0.5) is 5.69 Å². The van der Waals surface area contributed by atoms with Crippen LogP contribution in [0.1, 0.15) is 22.8 Å². The Morgan fingerprint density at radius 2 is 2.00 bits per heavy atom. The molecule has 0 bridgehead atoms. The third-order valence-corrected chi connectivity index (χ3v) is 3.22. The number of benzene rings is 2. The third kappa shape index (κ3) is 4.71. The number of rotatable bonds is 7. The second kappa shape index (κ2) is 8.53. The van der Waals surface area contributed by atoms with E-state index >= 15 is 0 Å². The Morgan fingerprint density at radius 1 is 1.17 bits per heavy atom. The highest BCUT2D eigenvalue weighted by Gasteiger charge is 2.07. The van der Waals surface area contributed by atoms with E-state index in [0.29, 0.717) is 23.6 Å². The Morgan fingerprint density at radius 3 is 2.71 bits per heavy atom. The first-order valence-electron chi connectivity index (χ1n) is 7.51. The molecule has 124 valence electrons. The van der Waals surface area contributed by atoms with Crippen LogP contribution in [0.3, 0.4) is 0 Å². The maximum Gasteiger partial charge on any atom is 0.248 e. The largest absolute Gasteiger partial charge is 0.497 e. The molecule has 0 radical (unpaired) electrons. The predicted molar refractivity (Wildman–Crippen MR) is 93.7 cm³/mol. The lowest BCUT2D eigenvalue weighted by Gasteiger charge is -2.11. The van der Waals surface area contributed by atoms with Gasteiger partial charge in [-0.1, -0.05) is 12.1 Å². The third-order valence-electron chi connectivity index (χ3n) is 3.22. The number of aldehydes is 1. The molecule has 0 fully saturated rings. The molecule has 0 atom stereocenters. The van der Waals surface area contributed by atoms with Gasteiger partial charge < -0.3 is 14.8 Å². The second-order valence-electron chi connectivity index (χ2n) is 4.91. The van der Waals surface area contributed by atoms with Crippen molar-refractivity contribution >= 4 is 24.0 Å². The normalized spacial score (nSPS) is 10.4. The molecular formula is C19H19NO4. The molecule has 0 aromatic heterocycles. The van der Waals surface area contributed by atoms with E-state index in [1.54, 1.807) is 31.4 Å². The predicted octanol–water partition coefficient (Wildman–Crippen LogP) is 3.56. The topological polar surface area (TPSA) is 64.6 Å². The lowest BCUT2D eigenvalue weighted by atomic mass is 10.2. The molecule has 0 heterocycles. The van der Waals surface area contributed by atoms with Crippen molar-refractivity contribution in [2.24, 2.45) is 0 Å². The Balaban J connectivity index is 2.13. The smallest absolute Gasteiger partial charge is 0.248 e. The van der Waals surface area contributed by atoms with E-state index in [9.17, 15) is 9.59 Å². The van der Waals surface area contributed by atoms with Gasteiger partial charge in [-0.3, -0.25) is 9.59 Å². The van der Waals surface area contributed by atoms with Gasteiger partial charge in [-0.05, 0) is 48.9 Å². The van der Waals surface area contributed by atoms with Crippen LogP contribution in [0.5, 0.6) is 11.5 Å². The van der Waals surface area contributed by atoms with E-state index in [1.807, 2.05) is 31.2 Å². The summed E-state index contributed by atoms with van der Waals surface area (Å²) >= 11 is 0. The molecular weight excluding hydrogens is 306 g/mol. The zero-order valence-corrected chi connectivity index (χ0v) is 13.6. The molecule has 0 aliphatic rings. The maximum absolute atomic E-state index is 12.1. The monoisotopic (exact) mass is 325 g/mol. The fourth-order valence-electron chi connectivity index (χ4n) is 2.09. The first-order chi connectivity index (χ1) is 11.7. The maximum atomic E-state index is 12.1. The summed E-state index contributed by atoms with van der Waals surface area (Å²) in [6, 6.07) is 12.2. The summed E-state index contributed by atoms with van der Waals surface area (Å²) in [7, 11) is 1.59. The van der Waals surface area contributed by atoms with Crippen LogP contribution >= 0.6 is 0 Å². The number of hydrogen-bond acceptors (Lipinski definition) is 4. The summed E-state index contributed by atoms with van der Waals surface area (Å²) in [5.74, 6) is 0.919.